The summed E-state index contributed by atoms with van der Waals surface area (Å²) in [4.78, 5) is 27.3. The molecule has 0 aliphatic carbocycles. The number of sulfone groups is 1. The number of nitrogens with zero attached hydrogens (tertiary/aromatic N) is 2. The van der Waals surface area contributed by atoms with E-state index < -0.39 is 27.7 Å². The molecule has 1 aromatic heterocycles. The van der Waals surface area contributed by atoms with Gasteiger partial charge in [0.25, 0.3) is 11.8 Å². The van der Waals surface area contributed by atoms with E-state index in [-0.39, 0.29) is 27.6 Å². The molecule has 2 rings (SSSR count). The van der Waals surface area contributed by atoms with Crippen molar-refractivity contribution < 1.29 is 18.0 Å². The predicted molar refractivity (Wildman–Crippen MR) is 70.9 cm³/mol. The van der Waals surface area contributed by atoms with Crippen LogP contribution in [0.3, 0.4) is 0 Å². The van der Waals surface area contributed by atoms with E-state index in [9.17, 15) is 18.0 Å². The lowest BCUT2D eigenvalue weighted by Crippen LogP contribution is -2.42. The first-order valence-corrected chi connectivity index (χ1v) is 7.92. The van der Waals surface area contributed by atoms with Gasteiger partial charge in [-0.2, -0.15) is 0 Å². The minimum Gasteiger partial charge on any atom is -0.309 e. The van der Waals surface area contributed by atoms with Gasteiger partial charge in [0.15, 0.2) is 20.3 Å². The van der Waals surface area contributed by atoms with Crippen LogP contribution in [0.1, 0.15) is 27.0 Å². The molecule has 1 aliphatic rings. The molecule has 1 fully saturated rings. The Morgan fingerprint density at radius 1 is 1.25 bits per heavy atom. The number of hydrogen-bond donors (Lipinski definition) is 4. The standard InChI is InChI=1S/C8H11BrN6O4S/c9-8-12-4(6(16)13-10)5(7(17)14-11)15(8)3-1-20(18,19)2-3/h3H,1-2,10-11H2,(H,13,16)(H,14,17). The monoisotopic (exact) mass is 366 g/mol. The van der Waals surface area contributed by atoms with Gasteiger partial charge in [-0.1, -0.05) is 0 Å². The van der Waals surface area contributed by atoms with E-state index in [2.05, 4.69) is 20.9 Å². The summed E-state index contributed by atoms with van der Waals surface area (Å²) in [5, 5.41) is 0. The van der Waals surface area contributed by atoms with Crippen molar-refractivity contribution in [3.8, 4) is 0 Å². The van der Waals surface area contributed by atoms with Gasteiger partial charge < -0.3 is 4.57 Å². The zero-order chi connectivity index (χ0) is 15.1. The molecule has 0 bridgehead atoms. The third-order valence-electron chi connectivity index (χ3n) is 2.82. The lowest BCUT2D eigenvalue weighted by atomic mass is 10.2. The molecule has 0 atom stereocenters. The summed E-state index contributed by atoms with van der Waals surface area (Å²) in [5.41, 5.74) is 3.35. The van der Waals surface area contributed by atoms with Crippen molar-refractivity contribution in [2.45, 2.75) is 6.04 Å². The number of rotatable bonds is 3. The third kappa shape index (κ3) is 2.42. The quantitative estimate of drug-likeness (QED) is 0.268. The number of nitrogens with two attached hydrogens (primary N) is 2. The summed E-state index contributed by atoms with van der Waals surface area (Å²) in [5.74, 6) is 8.24. The SMILES string of the molecule is NNC(=O)c1nc(Br)n(C2CS(=O)(=O)C2)c1C(=O)NN. The van der Waals surface area contributed by atoms with Gasteiger partial charge in [-0.3, -0.25) is 20.4 Å². The minimum atomic E-state index is -3.12. The highest BCUT2D eigenvalue weighted by atomic mass is 79.9. The van der Waals surface area contributed by atoms with Crippen LogP contribution in [0.5, 0.6) is 0 Å². The first-order chi connectivity index (χ1) is 9.30. The lowest BCUT2D eigenvalue weighted by molar-refractivity contribution is 0.0909. The number of aromatic nitrogens is 2. The highest BCUT2D eigenvalue weighted by Crippen LogP contribution is 2.30. The number of amides is 2. The molecule has 2 heterocycles. The van der Waals surface area contributed by atoms with Crippen molar-refractivity contribution in [3.05, 3.63) is 16.1 Å². The van der Waals surface area contributed by atoms with Gasteiger partial charge in [0.1, 0.15) is 5.69 Å². The topological polar surface area (TPSA) is 162 Å². The van der Waals surface area contributed by atoms with Gasteiger partial charge in [-0.25, -0.2) is 25.1 Å². The van der Waals surface area contributed by atoms with Gasteiger partial charge in [-0.05, 0) is 15.9 Å². The van der Waals surface area contributed by atoms with Crippen LogP contribution in [-0.4, -0.2) is 41.3 Å². The minimum absolute atomic E-state index is 0.142. The van der Waals surface area contributed by atoms with Crippen LogP contribution in [0.2, 0.25) is 0 Å². The smallest absolute Gasteiger partial charge is 0.286 e. The summed E-state index contributed by atoms with van der Waals surface area (Å²) >= 11 is 3.09. The fourth-order valence-electron chi connectivity index (χ4n) is 1.94. The Labute approximate surface area is 121 Å². The average molecular weight is 367 g/mol. The van der Waals surface area contributed by atoms with Crippen molar-refractivity contribution >= 4 is 37.6 Å². The lowest BCUT2D eigenvalue weighted by Gasteiger charge is -2.28. The maximum Gasteiger partial charge on any atom is 0.286 e. The second kappa shape index (κ2) is 5.12. The number of nitrogens with one attached hydrogen (secondary N) is 2. The van der Waals surface area contributed by atoms with E-state index in [1.165, 1.54) is 4.57 Å². The fraction of sp³-hybridized carbons (Fsp3) is 0.375. The normalized spacial score (nSPS) is 17.4. The highest BCUT2D eigenvalue weighted by molar-refractivity contribution is 9.10. The molecule has 20 heavy (non-hydrogen) atoms. The van der Waals surface area contributed by atoms with Crippen molar-refractivity contribution in [2.75, 3.05) is 11.5 Å². The zero-order valence-corrected chi connectivity index (χ0v) is 12.4. The van der Waals surface area contributed by atoms with Crippen LogP contribution in [-0.2, 0) is 9.84 Å². The molecule has 1 aromatic rings. The van der Waals surface area contributed by atoms with Gasteiger partial charge in [-0.15, -0.1) is 0 Å². The van der Waals surface area contributed by atoms with Gasteiger partial charge in [0.05, 0.1) is 17.5 Å². The molecule has 10 nitrogen and oxygen atoms in total. The summed E-state index contributed by atoms with van der Waals surface area (Å²) in [6, 6.07) is -0.492. The first-order valence-electron chi connectivity index (χ1n) is 5.30. The number of halogens is 1. The number of hydrogen-bond acceptors (Lipinski definition) is 7. The van der Waals surface area contributed by atoms with E-state index in [0.717, 1.165) is 0 Å². The summed E-state index contributed by atoms with van der Waals surface area (Å²) < 4.78 is 24.0. The Morgan fingerprint density at radius 3 is 2.25 bits per heavy atom. The van der Waals surface area contributed by atoms with Crippen LogP contribution in [0, 0.1) is 0 Å². The average Bonchev–Trinajstić information content (AvgIpc) is 2.71. The second-order valence-corrected chi connectivity index (χ2v) is 6.99. The Morgan fingerprint density at radius 2 is 1.80 bits per heavy atom. The maximum atomic E-state index is 11.8. The Bertz CT molecular complexity index is 671. The van der Waals surface area contributed by atoms with Crippen molar-refractivity contribution in [3.63, 3.8) is 0 Å². The molecular formula is C8H11BrN6O4S. The Kier molecular flexibility index (Phi) is 3.82. The molecular weight excluding hydrogens is 356 g/mol. The Balaban J connectivity index is 2.53. The van der Waals surface area contributed by atoms with Gasteiger partial charge >= 0.3 is 0 Å². The van der Waals surface area contributed by atoms with Crippen molar-refractivity contribution in [1.82, 2.24) is 20.4 Å². The molecule has 1 aliphatic heterocycles. The molecule has 0 spiro atoms. The summed E-state index contributed by atoms with van der Waals surface area (Å²) in [7, 11) is -3.12. The molecule has 12 heteroatoms. The molecule has 1 saturated heterocycles. The highest BCUT2D eigenvalue weighted by Gasteiger charge is 2.39. The zero-order valence-electron chi connectivity index (χ0n) is 9.96. The van der Waals surface area contributed by atoms with E-state index in [0.29, 0.717) is 0 Å². The van der Waals surface area contributed by atoms with E-state index in [4.69, 9.17) is 11.7 Å². The number of imidazole rings is 1. The van der Waals surface area contributed by atoms with Gasteiger partial charge in [0.2, 0.25) is 0 Å². The number of hydrazine groups is 2. The van der Waals surface area contributed by atoms with Crippen molar-refractivity contribution in [2.24, 2.45) is 11.7 Å². The number of carbonyl (C=O) groups is 2. The molecule has 0 unspecified atom stereocenters. The first kappa shape index (κ1) is 14.9. The number of nitrogen functional groups attached to an aromatic ring is 2. The fourth-order valence-corrected chi connectivity index (χ4v) is 3.95. The van der Waals surface area contributed by atoms with E-state index in [1.54, 1.807) is 0 Å². The second-order valence-electron chi connectivity index (χ2n) is 4.13. The van der Waals surface area contributed by atoms with Crippen LogP contribution in [0.4, 0.5) is 0 Å². The Hall–Kier alpha value is -1.50. The third-order valence-corrected chi connectivity index (χ3v) is 5.16. The van der Waals surface area contributed by atoms with Crippen LogP contribution in [0.25, 0.3) is 0 Å². The summed E-state index contributed by atoms with van der Waals surface area (Å²) in [6.45, 7) is 0. The van der Waals surface area contributed by atoms with Gasteiger partial charge in [0, 0.05) is 0 Å². The van der Waals surface area contributed by atoms with Crippen LogP contribution >= 0.6 is 15.9 Å². The summed E-state index contributed by atoms with van der Waals surface area (Å²) in [6.07, 6.45) is 0. The molecule has 6 N–H and O–H groups in total. The molecule has 0 radical (unpaired) electrons. The molecule has 2 amide bonds. The largest absolute Gasteiger partial charge is 0.309 e. The van der Waals surface area contributed by atoms with E-state index in [1.807, 2.05) is 10.9 Å². The maximum absolute atomic E-state index is 11.8. The van der Waals surface area contributed by atoms with E-state index >= 15 is 0 Å². The van der Waals surface area contributed by atoms with Crippen LogP contribution < -0.4 is 22.5 Å². The van der Waals surface area contributed by atoms with Crippen molar-refractivity contribution in [1.29, 1.82) is 0 Å². The molecule has 0 aromatic carbocycles. The molecule has 0 saturated carbocycles. The predicted octanol–water partition coefficient (Wildman–Crippen LogP) is -2.18. The number of carbonyl (C=O) groups excluding carboxylic acids is 2. The van der Waals surface area contributed by atoms with Crippen LogP contribution in [0.15, 0.2) is 4.73 Å². The molecule has 110 valence electrons.